The lowest BCUT2D eigenvalue weighted by Gasteiger charge is -2.17. The van der Waals surface area contributed by atoms with Crippen molar-refractivity contribution in [3.63, 3.8) is 0 Å². The molecule has 0 spiro atoms. The van der Waals surface area contributed by atoms with Gasteiger partial charge in [0.25, 0.3) is 5.91 Å². The topological polar surface area (TPSA) is 72.9 Å². The summed E-state index contributed by atoms with van der Waals surface area (Å²) in [4.78, 5) is 36.9. The molecular weight excluding hydrogens is 338 g/mol. The number of rotatable bonds is 3. The Morgan fingerprint density at radius 2 is 2.00 bits per heavy atom. The van der Waals surface area contributed by atoms with Gasteiger partial charge in [0, 0.05) is 0 Å². The van der Waals surface area contributed by atoms with Crippen molar-refractivity contribution in [2.45, 2.75) is 12.5 Å². The second kappa shape index (κ2) is 6.13. The molecule has 0 N–H and O–H groups in total. The molecule has 1 atom stereocenters. The first-order chi connectivity index (χ1) is 11.0. The molecule has 8 heteroatoms. The van der Waals surface area contributed by atoms with Crippen LogP contribution in [-0.2, 0) is 19.1 Å². The standard InChI is InChI=1S/C15H11NO5S2/c1-20-9-4-2-8(3-5-9)6-11-13(18)16(15(22)23-11)10-7-12(17)21-14(10)19/h2-6,10H,7H2,1H3/b11-6-/t10-/m1/s1. The van der Waals surface area contributed by atoms with Crippen LogP contribution in [-0.4, -0.2) is 40.2 Å². The minimum absolute atomic E-state index is 0.166. The van der Waals surface area contributed by atoms with Crippen molar-refractivity contribution in [1.82, 2.24) is 4.90 Å². The Hall–Kier alpha value is -2.19. The fourth-order valence-corrected chi connectivity index (χ4v) is 3.62. The maximum absolute atomic E-state index is 12.5. The third-order valence-electron chi connectivity index (χ3n) is 3.40. The molecule has 6 nitrogen and oxygen atoms in total. The van der Waals surface area contributed by atoms with E-state index >= 15 is 0 Å². The molecule has 1 amide bonds. The molecule has 0 aliphatic carbocycles. The van der Waals surface area contributed by atoms with Crippen molar-refractivity contribution < 1.29 is 23.9 Å². The molecule has 1 aromatic carbocycles. The summed E-state index contributed by atoms with van der Waals surface area (Å²) >= 11 is 6.26. The molecule has 23 heavy (non-hydrogen) atoms. The largest absolute Gasteiger partial charge is 0.497 e. The Balaban J connectivity index is 1.84. The number of carbonyl (C=O) groups excluding carboxylic acids is 3. The summed E-state index contributed by atoms with van der Waals surface area (Å²) < 4.78 is 9.81. The Morgan fingerprint density at radius 1 is 1.30 bits per heavy atom. The van der Waals surface area contributed by atoms with Gasteiger partial charge in [-0.3, -0.25) is 14.5 Å². The summed E-state index contributed by atoms with van der Waals surface area (Å²) in [7, 11) is 1.57. The Labute approximate surface area is 141 Å². The highest BCUT2D eigenvalue weighted by Gasteiger charge is 2.46. The van der Waals surface area contributed by atoms with Crippen LogP contribution in [0.5, 0.6) is 5.75 Å². The lowest BCUT2D eigenvalue weighted by molar-refractivity contribution is -0.153. The van der Waals surface area contributed by atoms with Crippen LogP contribution >= 0.6 is 24.0 Å². The van der Waals surface area contributed by atoms with Crippen LogP contribution < -0.4 is 4.74 Å². The normalized spacial score (nSPS) is 22.9. The number of ether oxygens (including phenoxy) is 2. The van der Waals surface area contributed by atoms with E-state index < -0.39 is 23.9 Å². The first kappa shape index (κ1) is 15.7. The third kappa shape index (κ3) is 2.99. The summed E-state index contributed by atoms with van der Waals surface area (Å²) in [5.41, 5.74) is 0.802. The minimum atomic E-state index is -0.961. The molecule has 0 radical (unpaired) electrons. The predicted octanol–water partition coefficient (Wildman–Crippen LogP) is 1.74. The van der Waals surface area contributed by atoms with E-state index in [4.69, 9.17) is 17.0 Å². The number of nitrogens with zero attached hydrogens (tertiary/aromatic N) is 1. The molecule has 0 unspecified atom stereocenters. The second-order valence-electron chi connectivity index (χ2n) is 4.84. The monoisotopic (exact) mass is 349 g/mol. The number of amides is 1. The number of hydrogen-bond donors (Lipinski definition) is 0. The molecule has 118 valence electrons. The van der Waals surface area contributed by atoms with Crippen molar-refractivity contribution in [2.75, 3.05) is 7.11 Å². The highest BCUT2D eigenvalue weighted by atomic mass is 32.2. The van der Waals surface area contributed by atoms with E-state index in [0.29, 0.717) is 10.7 Å². The zero-order valence-corrected chi connectivity index (χ0v) is 13.6. The molecule has 3 rings (SSSR count). The Kier molecular flexibility index (Phi) is 4.18. The molecule has 0 bridgehead atoms. The van der Waals surface area contributed by atoms with E-state index in [2.05, 4.69) is 4.74 Å². The van der Waals surface area contributed by atoms with Gasteiger partial charge in [0.2, 0.25) is 0 Å². The zero-order valence-electron chi connectivity index (χ0n) is 12.0. The summed E-state index contributed by atoms with van der Waals surface area (Å²) in [5.74, 6) is -1.07. The average Bonchev–Trinajstić information content (AvgIpc) is 2.99. The predicted molar refractivity (Wildman–Crippen MR) is 87.5 cm³/mol. The SMILES string of the molecule is COc1ccc(/C=C2\SC(=S)N([C@@H]3CC(=O)OC3=O)C2=O)cc1. The number of hydrogen-bond acceptors (Lipinski definition) is 7. The molecule has 0 saturated carbocycles. The fraction of sp³-hybridized carbons (Fsp3) is 0.200. The van der Waals surface area contributed by atoms with E-state index in [0.717, 1.165) is 22.2 Å². The summed E-state index contributed by atoms with van der Waals surface area (Å²) in [5, 5.41) is 0. The molecule has 2 saturated heterocycles. The van der Waals surface area contributed by atoms with E-state index in [1.165, 1.54) is 0 Å². The van der Waals surface area contributed by atoms with Gasteiger partial charge in [-0.05, 0) is 23.8 Å². The number of thiocarbonyl (C=S) groups is 1. The van der Waals surface area contributed by atoms with Gasteiger partial charge in [-0.15, -0.1) is 0 Å². The molecule has 2 fully saturated rings. The molecule has 2 aliphatic heterocycles. The second-order valence-corrected chi connectivity index (χ2v) is 6.51. The van der Waals surface area contributed by atoms with Crippen molar-refractivity contribution in [3.8, 4) is 5.75 Å². The summed E-state index contributed by atoms with van der Waals surface area (Å²) in [6.45, 7) is 0. The van der Waals surface area contributed by atoms with Crippen LogP contribution in [0.4, 0.5) is 0 Å². The van der Waals surface area contributed by atoms with Crippen molar-refractivity contribution >= 4 is 52.2 Å². The van der Waals surface area contributed by atoms with Gasteiger partial charge in [-0.25, -0.2) is 4.79 Å². The highest BCUT2D eigenvalue weighted by molar-refractivity contribution is 8.26. The number of methoxy groups -OCH3 is 1. The van der Waals surface area contributed by atoms with Crippen molar-refractivity contribution in [2.24, 2.45) is 0 Å². The molecule has 2 aliphatic rings. The molecule has 1 aromatic rings. The fourth-order valence-electron chi connectivity index (χ4n) is 2.26. The van der Waals surface area contributed by atoms with Gasteiger partial charge >= 0.3 is 11.9 Å². The smallest absolute Gasteiger partial charge is 0.337 e. The Bertz CT molecular complexity index is 741. The lowest BCUT2D eigenvalue weighted by atomic mass is 10.2. The van der Waals surface area contributed by atoms with E-state index in [9.17, 15) is 14.4 Å². The van der Waals surface area contributed by atoms with Gasteiger partial charge in [0.05, 0.1) is 18.4 Å². The van der Waals surface area contributed by atoms with Gasteiger partial charge in [0.1, 0.15) is 16.1 Å². The van der Waals surface area contributed by atoms with Gasteiger partial charge in [0.15, 0.2) is 0 Å². The highest BCUT2D eigenvalue weighted by Crippen LogP contribution is 2.36. The molecular formula is C15H11NO5S2. The first-order valence-corrected chi connectivity index (χ1v) is 7.87. The number of cyclic esters (lactones) is 2. The quantitative estimate of drug-likeness (QED) is 0.356. The van der Waals surface area contributed by atoms with Gasteiger partial charge < -0.3 is 9.47 Å². The number of benzene rings is 1. The van der Waals surface area contributed by atoms with Crippen LogP contribution in [0.15, 0.2) is 29.2 Å². The van der Waals surface area contributed by atoms with Crippen LogP contribution in [0, 0.1) is 0 Å². The first-order valence-electron chi connectivity index (χ1n) is 6.65. The van der Waals surface area contributed by atoms with Crippen molar-refractivity contribution in [3.05, 3.63) is 34.7 Å². The molecule has 2 heterocycles. The Morgan fingerprint density at radius 3 is 2.57 bits per heavy atom. The van der Waals surface area contributed by atoms with Gasteiger partial charge in [-0.2, -0.15) is 0 Å². The maximum atomic E-state index is 12.5. The van der Waals surface area contributed by atoms with Gasteiger partial charge in [-0.1, -0.05) is 36.1 Å². The van der Waals surface area contributed by atoms with Crippen LogP contribution in [0.2, 0.25) is 0 Å². The summed E-state index contributed by atoms with van der Waals surface area (Å²) in [6, 6.07) is 6.20. The van der Waals surface area contributed by atoms with E-state index in [1.807, 2.05) is 0 Å². The van der Waals surface area contributed by atoms with E-state index in [1.54, 1.807) is 37.5 Å². The van der Waals surface area contributed by atoms with Crippen LogP contribution in [0.3, 0.4) is 0 Å². The van der Waals surface area contributed by atoms with Crippen LogP contribution in [0.1, 0.15) is 12.0 Å². The number of carbonyl (C=O) groups is 3. The minimum Gasteiger partial charge on any atom is -0.497 e. The number of esters is 2. The lowest BCUT2D eigenvalue weighted by Crippen LogP contribution is -2.41. The maximum Gasteiger partial charge on any atom is 0.337 e. The van der Waals surface area contributed by atoms with E-state index in [-0.39, 0.29) is 10.7 Å². The third-order valence-corrected chi connectivity index (χ3v) is 4.73. The van der Waals surface area contributed by atoms with Crippen molar-refractivity contribution in [1.29, 1.82) is 0 Å². The number of thioether (sulfide) groups is 1. The molecule has 0 aromatic heterocycles. The average molecular weight is 349 g/mol. The van der Waals surface area contributed by atoms with Crippen LogP contribution in [0.25, 0.3) is 6.08 Å². The summed E-state index contributed by atoms with van der Waals surface area (Å²) in [6.07, 6.45) is 1.52. The zero-order chi connectivity index (χ0) is 16.6.